The van der Waals surface area contributed by atoms with Gasteiger partial charge in [-0.25, -0.2) is 0 Å². The van der Waals surface area contributed by atoms with E-state index in [-0.39, 0.29) is 5.91 Å². The quantitative estimate of drug-likeness (QED) is 0.394. The smallest absolute Gasteiger partial charge is 0.258 e. The number of rotatable bonds is 8. The summed E-state index contributed by atoms with van der Waals surface area (Å²) in [6.07, 6.45) is 1.08. The van der Waals surface area contributed by atoms with E-state index >= 15 is 0 Å². The standard InChI is InChI=1S/C19H19N3OS3/c1-2-12-24-19-22-21-18(26-19)20-17(23)15-10-6-7-11-16(15)25-13-14-8-4-3-5-9-14/h3-11H,2,12-13H2,1H3,(H,20,21,23). The zero-order valence-electron chi connectivity index (χ0n) is 14.3. The first-order chi connectivity index (χ1) is 12.8. The normalized spacial score (nSPS) is 10.7. The van der Waals surface area contributed by atoms with Gasteiger partial charge in [-0.1, -0.05) is 72.5 Å². The maximum atomic E-state index is 12.7. The average molecular weight is 402 g/mol. The molecule has 0 saturated heterocycles. The number of hydrogen-bond acceptors (Lipinski definition) is 6. The summed E-state index contributed by atoms with van der Waals surface area (Å²) < 4.78 is 0.883. The number of amides is 1. The predicted octanol–water partition coefficient (Wildman–Crippen LogP) is 5.58. The molecular formula is C19H19N3OS3. The van der Waals surface area contributed by atoms with Gasteiger partial charge in [-0.3, -0.25) is 10.1 Å². The van der Waals surface area contributed by atoms with Crippen molar-refractivity contribution < 1.29 is 4.79 Å². The maximum absolute atomic E-state index is 12.7. The highest BCUT2D eigenvalue weighted by molar-refractivity contribution is 8.01. The molecule has 0 aliphatic carbocycles. The molecule has 0 aliphatic heterocycles. The van der Waals surface area contributed by atoms with Crippen LogP contribution in [0, 0.1) is 0 Å². The largest absolute Gasteiger partial charge is 0.296 e. The van der Waals surface area contributed by atoms with E-state index < -0.39 is 0 Å². The Labute approximate surface area is 165 Å². The van der Waals surface area contributed by atoms with E-state index in [9.17, 15) is 4.79 Å². The molecule has 1 aromatic heterocycles. The van der Waals surface area contributed by atoms with Crippen LogP contribution in [0.3, 0.4) is 0 Å². The molecular weight excluding hydrogens is 382 g/mol. The molecule has 1 amide bonds. The number of thioether (sulfide) groups is 2. The Hall–Kier alpha value is -1.83. The highest BCUT2D eigenvalue weighted by Gasteiger charge is 2.14. The van der Waals surface area contributed by atoms with E-state index in [1.165, 1.54) is 16.9 Å². The molecule has 0 saturated carbocycles. The second-order valence-electron chi connectivity index (χ2n) is 5.45. The molecule has 1 heterocycles. The zero-order valence-corrected chi connectivity index (χ0v) is 16.8. The third-order valence-electron chi connectivity index (χ3n) is 3.43. The number of nitrogens with one attached hydrogen (secondary N) is 1. The first-order valence-electron chi connectivity index (χ1n) is 8.29. The number of hydrogen-bond donors (Lipinski definition) is 1. The molecule has 0 unspecified atom stereocenters. The number of benzene rings is 2. The molecule has 3 aromatic rings. The first kappa shape index (κ1) is 18.9. The van der Waals surface area contributed by atoms with Crippen molar-refractivity contribution in [3.05, 3.63) is 65.7 Å². The third kappa shape index (κ3) is 5.33. The lowest BCUT2D eigenvalue weighted by Crippen LogP contribution is -2.12. The van der Waals surface area contributed by atoms with Crippen LogP contribution in [0.1, 0.15) is 29.3 Å². The second kappa shape index (κ2) is 9.75. The van der Waals surface area contributed by atoms with Gasteiger partial charge in [0.05, 0.1) is 5.56 Å². The van der Waals surface area contributed by atoms with Crippen molar-refractivity contribution in [3.63, 3.8) is 0 Å². The highest BCUT2D eigenvalue weighted by Crippen LogP contribution is 2.29. The van der Waals surface area contributed by atoms with Crippen molar-refractivity contribution in [2.45, 2.75) is 28.3 Å². The monoisotopic (exact) mass is 401 g/mol. The van der Waals surface area contributed by atoms with Gasteiger partial charge in [0, 0.05) is 16.4 Å². The van der Waals surface area contributed by atoms with Crippen LogP contribution in [0.15, 0.2) is 63.8 Å². The Bertz CT molecular complexity index is 852. The maximum Gasteiger partial charge on any atom is 0.258 e. The van der Waals surface area contributed by atoms with Gasteiger partial charge in [-0.15, -0.1) is 22.0 Å². The lowest BCUT2D eigenvalue weighted by atomic mass is 10.2. The fraction of sp³-hybridized carbons (Fsp3) is 0.211. The summed E-state index contributed by atoms with van der Waals surface area (Å²) in [5, 5.41) is 11.6. The van der Waals surface area contributed by atoms with E-state index in [4.69, 9.17) is 0 Å². The van der Waals surface area contributed by atoms with Crippen LogP contribution in [0.5, 0.6) is 0 Å². The summed E-state index contributed by atoms with van der Waals surface area (Å²) in [5.41, 5.74) is 1.89. The third-order valence-corrected chi connectivity index (χ3v) is 6.75. The van der Waals surface area contributed by atoms with Gasteiger partial charge in [0.25, 0.3) is 5.91 Å². The Morgan fingerprint density at radius 2 is 1.81 bits per heavy atom. The zero-order chi connectivity index (χ0) is 18.2. The molecule has 26 heavy (non-hydrogen) atoms. The number of carbonyl (C=O) groups excluding carboxylic acids is 1. The Balaban J connectivity index is 1.66. The molecule has 0 fully saturated rings. The second-order valence-corrected chi connectivity index (χ2v) is 8.78. The van der Waals surface area contributed by atoms with Crippen LogP contribution in [0.25, 0.3) is 0 Å². The first-order valence-corrected chi connectivity index (χ1v) is 11.1. The summed E-state index contributed by atoms with van der Waals surface area (Å²) in [6, 6.07) is 17.9. The van der Waals surface area contributed by atoms with Crippen LogP contribution in [0.2, 0.25) is 0 Å². The fourth-order valence-electron chi connectivity index (χ4n) is 2.19. The number of nitrogens with zero attached hydrogens (tertiary/aromatic N) is 2. The molecule has 0 bridgehead atoms. The van der Waals surface area contributed by atoms with Crippen LogP contribution >= 0.6 is 34.9 Å². The molecule has 2 aromatic carbocycles. The van der Waals surface area contributed by atoms with E-state index in [0.29, 0.717) is 10.7 Å². The molecule has 0 atom stereocenters. The van der Waals surface area contributed by atoms with E-state index in [0.717, 1.165) is 27.2 Å². The van der Waals surface area contributed by atoms with Crippen LogP contribution in [0.4, 0.5) is 5.13 Å². The van der Waals surface area contributed by atoms with Crippen LogP contribution < -0.4 is 5.32 Å². The number of anilines is 1. The topological polar surface area (TPSA) is 54.9 Å². The van der Waals surface area contributed by atoms with Gasteiger partial charge in [0.15, 0.2) is 4.34 Å². The number of carbonyl (C=O) groups is 1. The van der Waals surface area contributed by atoms with Gasteiger partial charge in [-0.2, -0.15) is 0 Å². The summed E-state index contributed by atoms with van der Waals surface area (Å²) in [5.74, 6) is 1.67. The summed E-state index contributed by atoms with van der Waals surface area (Å²) in [6.45, 7) is 2.13. The molecule has 0 radical (unpaired) electrons. The van der Waals surface area contributed by atoms with Gasteiger partial charge in [-0.05, 0) is 24.1 Å². The molecule has 0 spiro atoms. The van der Waals surface area contributed by atoms with Crippen LogP contribution in [-0.4, -0.2) is 21.9 Å². The van der Waals surface area contributed by atoms with Crippen molar-refractivity contribution in [1.82, 2.24) is 10.2 Å². The van der Waals surface area contributed by atoms with Gasteiger partial charge < -0.3 is 0 Å². The van der Waals surface area contributed by atoms with Crippen molar-refractivity contribution >= 4 is 45.9 Å². The van der Waals surface area contributed by atoms with E-state index in [2.05, 4.69) is 34.6 Å². The SMILES string of the molecule is CCCSc1nnc(NC(=O)c2ccccc2SCc2ccccc2)s1. The minimum Gasteiger partial charge on any atom is -0.296 e. The van der Waals surface area contributed by atoms with Crippen molar-refractivity contribution in [2.24, 2.45) is 0 Å². The van der Waals surface area contributed by atoms with Crippen molar-refractivity contribution in [1.29, 1.82) is 0 Å². The molecule has 7 heteroatoms. The molecule has 134 valence electrons. The molecule has 1 N–H and O–H groups in total. The van der Waals surface area contributed by atoms with E-state index in [1.807, 2.05) is 42.5 Å². The Morgan fingerprint density at radius 3 is 2.62 bits per heavy atom. The van der Waals surface area contributed by atoms with Crippen molar-refractivity contribution in [3.8, 4) is 0 Å². The highest BCUT2D eigenvalue weighted by atomic mass is 32.2. The van der Waals surface area contributed by atoms with E-state index in [1.54, 1.807) is 23.5 Å². The van der Waals surface area contributed by atoms with Gasteiger partial charge >= 0.3 is 0 Å². The van der Waals surface area contributed by atoms with Crippen molar-refractivity contribution in [2.75, 3.05) is 11.1 Å². The molecule has 3 rings (SSSR count). The molecule has 4 nitrogen and oxygen atoms in total. The minimum atomic E-state index is -0.149. The Kier molecular flexibility index (Phi) is 7.11. The van der Waals surface area contributed by atoms with Gasteiger partial charge in [0.2, 0.25) is 5.13 Å². The summed E-state index contributed by atoms with van der Waals surface area (Å²) in [7, 11) is 0. The average Bonchev–Trinajstić information content (AvgIpc) is 3.13. The Morgan fingerprint density at radius 1 is 1.04 bits per heavy atom. The molecule has 0 aliphatic rings. The van der Waals surface area contributed by atoms with Crippen LogP contribution in [-0.2, 0) is 5.75 Å². The summed E-state index contributed by atoms with van der Waals surface area (Å²) in [4.78, 5) is 13.6. The lowest BCUT2D eigenvalue weighted by Gasteiger charge is -2.08. The fourth-order valence-corrected chi connectivity index (χ4v) is 4.87. The van der Waals surface area contributed by atoms with Gasteiger partial charge in [0.1, 0.15) is 0 Å². The predicted molar refractivity (Wildman–Crippen MR) is 111 cm³/mol. The summed E-state index contributed by atoms with van der Waals surface area (Å²) >= 11 is 4.73. The number of aromatic nitrogens is 2. The lowest BCUT2D eigenvalue weighted by molar-refractivity contribution is 0.102. The minimum absolute atomic E-state index is 0.149.